The van der Waals surface area contributed by atoms with Gasteiger partial charge in [-0.3, -0.25) is 4.79 Å². The van der Waals surface area contributed by atoms with Crippen molar-refractivity contribution in [2.75, 3.05) is 32.9 Å². The molecule has 0 bridgehead atoms. The summed E-state index contributed by atoms with van der Waals surface area (Å²) in [6.45, 7) is 26.6. The fraction of sp³-hybridized carbons (Fsp3) is 0.844. The van der Waals surface area contributed by atoms with Crippen molar-refractivity contribution in [1.82, 2.24) is 10.2 Å². The first-order valence-electron chi connectivity index (χ1n) is 20.9. The first-order valence-corrected chi connectivity index (χ1v) is 20.9. The molecule has 4 saturated carbocycles. The highest BCUT2D eigenvalue weighted by Crippen LogP contribution is 2.76. The number of rotatable bonds is 8. The largest absolute Gasteiger partial charge is 0.481 e. The van der Waals surface area contributed by atoms with E-state index in [1.165, 1.54) is 101 Å². The van der Waals surface area contributed by atoms with E-state index in [0.717, 1.165) is 24.8 Å². The molecule has 0 aromatic heterocycles. The predicted molar refractivity (Wildman–Crippen MR) is 204 cm³/mol. The van der Waals surface area contributed by atoms with Crippen molar-refractivity contribution in [3.63, 3.8) is 0 Å². The quantitative estimate of drug-likeness (QED) is 0.249. The summed E-state index contributed by atoms with van der Waals surface area (Å²) in [6, 6.07) is 0. The molecule has 1 heterocycles. The second-order valence-electron chi connectivity index (χ2n) is 20.5. The predicted octanol–water partition coefficient (Wildman–Crippen LogP) is 10.4. The summed E-state index contributed by atoms with van der Waals surface area (Å²) >= 11 is 0. The Morgan fingerprint density at radius 1 is 0.920 bits per heavy atom. The van der Waals surface area contributed by atoms with Crippen LogP contribution in [0.4, 0.5) is 4.39 Å². The van der Waals surface area contributed by atoms with E-state index in [1.807, 2.05) is 0 Å². The zero-order valence-corrected chi connectivity index (χ0v) is 32.9. The number of allylic oxidation sites excluding steroid dienone is 5. The molecule has 50 heavy (non-hydrogen) atoms. The number of alkyl halides is 1. The molecule has 1 aliphatic heterocycles. The van der Waals surface area contributed by atoms with Crippen LogP contribution in [0.3, 0.4) is 0 Å². The number of fused-ring (bicyclic) bond motifs is 7. The van der Waals surface area contributed by atoms with Crippen molar-refractivity contribution >= 4 is 5.97 Å². The van der Waals surface area contributed by atoms with Crippen LogP contribution >= 0.6 is 0 Å². The SMILES string of the molecule is C=C(C)[C@@H]1CC[C@]2(NCCN3CCC(C)CC3)CC[C@]3(C)[C@H](CC[C@@H]4[C@@]5(C)CC=C(C6=CCC(CF)(C(=O)O)CC6)C(C)(C)[C@@H]5CC[C@]43C)[C@@H]12. The molecule has 7 rings (SSSR count). The van der Waals surface area contributed by atoms with E-state index in [9.17, 15) is 14.3 Å². The smallest absolute Gasteiger partial charge is 0.312 e. The highest BCUT2D eigenvalue weighted by Gasteiger charge is 2.70. The number of nitrogens with one attached hydrogen (secondary N) is 1. The van der Waals surface area contributed by atoms with E-state index in [-0.39, 0.29) is 16.4 Å². The third-order valence-corrected chi connectivity index (χ3v) is 18.1. The Balaban J connectivity index is 1.14. The maximum absolute atomic E-state index is 14.0. The molecule has 10 atom stereocenters. The number of likely N-dealkylation sites (tertiary alicyclic amines) is 1. The molecule has 0 amide bonds. The summed E-state index contributed by atoms with van der Waals surface area (Å²) in [5.41, 5.74) is 4.08. The Hall–Kier alpha value is -1.46. The number of hydrogen-bond acceptors (Lipinski definition) is 3. The molecule has 0 spiro atoms. The van der Waals surface area contributed by atoms with Crippen LogP contribution in [0, 0.1) is 62.6 Å². The van der Waals surface area contributed by atoms with E-state index in [0.29, 0.717) is 53.8 Å². The number of carbonyl (C=O) groups is 1. The minimum absolute atomic E-state index is 0.0192. The molecule has 1 saturated heterocycles. The molecule has 280 valence electrons. The molecule has 0 aromatic rings. The zero-order chi connectivity index (χ0) is 35.9. The van der Waals surface area contributed by atoms with Gasteiger partial charge in [0.25, 0.3) is 0 Å². The lowest BCUT2D eigenvalue weighted by Crippen LogP contribution is -2.68. The van der Waals surface area contributed by atoms with Crippen LogP contribution in [0.1, 0.15) is 138 Å². The number of halogens is 1. The van der Waals surface area contributed by atoms with Gasteiger partial charge in [-0.25, -0.2) is 4.39 Å². The topological polar surface area (TPSA) is 52.6 Å². The second kappa shape index (κ2) is 12.8. The maximum atomic E-state index is 14.0. The molecule has 4 nitrogen and oxygen atoms in total. The molecular formula is C45H71FN2O2. The summed E-state index contributed by atoms with van der Waals surface area (Å²) in [7, 11) is 0. The zero-order valence-electron chi connectivity index (χ0n) is 32.9. The lowest BCUT2D eigenvalue weighted by Gasteiger charge is -2.72. The summed E-state index contributed by atoms with van der Waals surface area (Å²) in [4.78, 5) is 14.7. The Kier molecular flexibility index (Phi) is 9.47. The van der Waals surface area contributed by atoms with Crippen molar-refractivity contribution in [2.24, 2.45) is 62.6 Å². The fourth-order valence-corrected chi connectivity index (χ4v) is 14.9. The third kappa shape index (κ3) is 5.41. The van der Waals surface area contributed by atoms with Crippen molar-refractivity contribution in [1.29, 1.82) is 0 Å². The number of piperidine rings is 1. The standard InChI is InChI=1S/C45H71FN2O2/c1-30(2)33-13-22-45(47-25-28-48-26-16-31(3)17-27-48)24-23-42(7)35(38(33)45)9-10-37-41(6)18-14-34(40(4,5)36(41)15-19-43(37,42)8)32-11-20-44(29-46,21-12-32)39(49)50/h11,14,31,33,35-38,47H,1,9-10,12-13,15-29H2,2-8H3,(H,49,50)/t33-,35+,36-,37+,38+,41-,42+,43+,44?,45-/m0/s1. The molecule has 1 unspecified atom stereocenters. The lowest BCUT2D eigenvalue weighted by molar-refractivity contribution is -0.221. The van der Waals surface area contributed by atoms with Crippen LogP contribution < -0.4 is 5.32 Å². The number of carboxylic acid groups (broad SMARTS) is 1. The molecule has 7 aliphatic rings. The fourth-order valence-electron chi connectivity index (χ4n) is 14.9. The van der Waals surface area contributed by atoms with E-state index >= 15 is 0 Å². The van der Waals surface area contributed by atoms with E-state index in [4.69, 9.17) is 0 Å². The number of nitrogens with zero attached hydrogens (tertiary/aromatic N) is 1. The van der Waals surface area contributed by atoms with Gasteiger partial charge < -0.3 is 15.3 Å². The van der Waals surface area contributed by atoms with Crippen LogP contribution in [-0.2, 0) is 4.79 Å². The van der Waals surface area contributed by atoms with Gasteiger partial charge in [0.2, 0.25) is 0 Å². The molecule has 0 radical (unpaired) electrons. The van der Waals surface area contributed by atoms with Crippen LogP contribution in [0.15, 0.2) is 35.5 Å². The molecule has 5 heteroatoms. The van der Waals surface area contributed by atoms with Crippen LogP contribution in [0.25, 0.3) is 0 Å². The van der Waals surface area contributed by atoms with Crippen molar-refractivity contribution in [3.8, 4) is 0 Å². The maximum Gasteiger partial charge on any atom is 0.312 e. The monoisotopic (exact) mass is 691 g/mol. The van der Waals surface area contributed by atoms with Crippen molar-refractivity contribution in [2.45, 2.75) is 144 Å². The summed E-state index contributed by atoms with van der Waals surface area (Å²) in [5, 5.41) is 14.2. The Labute approximate surface area is 304 Å². The number of hydrogen-bond donors (Lipinski definition) is 2. The third-order valence-electron chi connectivity index (χ3n) is 18.1. The first-order chi connectivity index (χ1) is 23.6. The normalized spacial score (nSPS) is 46.1. The van der Waals surface area contributed by atoms with Crippen LogP contribution in [-0.4, -0.2) is 54.4 Å². The van der Waals surface area contributed by atoms with Crippen molar-refractivity contribution < 1.29 is 14.3 Å². The number of aliphatic carboxylic acids is 1. The van der Waals surface area contributed by atoms with Gasteiger partial charge in [0, 0.05) is 18.6 Å². The van der Waals surface area contributed by atoms with E-state index in [2.05, 4.69) is 77.4 Å². The van der Waals surface area contributed by atoms with Gasteiger partial charge in [-0.2, -0.15) is 0 Å². The van der Waals surface area contributed by atoms with Gasteiger partial charge in [-0.05, 0) is 178 Å². The molecule has 0 aromatic carbocycles. The Morgan fingerprint density at radius 3 is 2.30 bits per heavy atom. The van der Waals surface area contributed by atoms with Gasteiger partial charge in [-0.15, -0.1) is 0 Å². The average Bonchev–Trinajstić information content (AvgIpc) is 3.46. The number of carboxylic acids is 1. The van der Waals surface area contributed by atoms with Crippen LogP contribution in [0.5, 0.6) is 0 Å². The minimum atomic E-state index is -1.24. The molecule has 5 fully saturated rings. The van der Waals surface area contributed by atoms with Gasteiger partial charge in [-0.1, -0.05) is 65.8 Å². The molecule has 6 aliphatic carbocycles. The summed E-state index contributed by atoms with van der Waals surface area (Å²) < 4.78 is 14.0. The highest BCUT2D eigenvalue weighted by molar-refractivity contribution is 5.75. The highest BCUT2D eigenvalue weighted by atomic mass is 19.1. The van der Waals surface area contributed by atoms with Gasteiger partial charge in [0.15, 0.2) is 0 Å². The van der Waals surface area contributed by atoms with Crippen molar-refractivity contribution in [3.05, 3.63) is 35.5 Å². The Bertz CT molecular complexity index is 1410. The van der Waals surface area contributed by atoms with E-state index in [1.54, 1.807) is 0 Å². The van der Waals surface area contributed by atoms with Crippen LogP contribution in [0.2, 0.25) is 0 Å². The minimum Gasteiger partial charge on any atom is -0.481 e. The van der Waals surface area contributed by atoms with Gasteiger partial charge >= 0.3 is 5.97 Å². The van der Waals surface area contributed by atoms with Gasteiger partial charge in [0.1, 0.15) is 6.67 Å². The summed E-state index contributed by atoms with van der Waals surface area (Å²) in [5.74, 6) is 3.27. The van der Waals surface area contributed by atoms with E-state index < -0.39 is 18.1 Å². The molecule has 2 N–H and O–H groups in total. The lowest BCUT2D eigenvalue weighted by atomic mass is 9.33. The summed E-state index contributed by atoms with van der Waals surface area (Å²) in [6.07, 6.45) is 20.4. The Morgan fingerprint density at radius 2 is 1.66 bits per heavy atom. The van der Waals surface area contributed by atoms with Gasteiger partial charge in [0.05, 0.1) is 5.41 Å². The average molecular weight is 691 g/mol. The first kappa shape index (κ1) is 36.9. The second-order valence-corrected chi connectivity index (χ2v) is 20.5. The molecular weight excluding hydrogens is 620 g/mol.